The first-order valence-electron chi connectivity index (χ1n) is 8.63. The highest BCUT2D eigenvalue weighted by Gasteiger charge is 2.67. The molecule has 1 saturated heterocycles. The molecule has 6 rings (SSSR count). The van der Waals surface area contributed by atoms with E-state index in [-0.39, 0.29) is 47.9 Å². The summed E-state index contributed by atoms with van der Waals surface area (Å²) in [6.07, 6.45) is 5.42. The minimum absolute atomic E-state index is 0.155. The van der Waals surface area contributed by atoms with E-state index in [0.717, 1.165) is 9.99 Å². The number of amides is 3. The van der Waals surface area contributed by atoms with Gasteiger partial charge in [0, 0.05) is 9.26 Å². The monoisotopic (exact) mass is 448 g/mol. The Kier molecular flexibility index (Phi) is 3.36. The third-order valence-electron chi connectivity index (χ3n) is 6.18. The van der Waals surface area contributed by atoms with Crippen molar-refractivity contribution in [1.29, 1.82) is 0 Å². The van der Waals surface area contributed by atoms with E-state index in [0.29, 0.717) is 17.5 Å². The number of nitrogens with one attached hydrogen (secondary N) is 1. The van der Waals surface area contributed by atoms with Gasteiger partial charge in [-0.1, -0.05) is 12.2 Å². The maximum atomic E-state index is 12.8. The van der Waals surface area contributed by atoms with Crippen molar-refractivity contribution in [3.63, 3.8) is 0 Å². The summed E-state index contributed by atoms with van der Waals surface area (Å²) in [6, 6.07) is 7.41. The van der Waals surface area contributed by atoms with Crippen LogP contribution in [0.5, 0.6) is 0 Å². The first kappa shape index (κ1) is 15.5. The standard InChI is InChI=1S/C19H17IN2O3/c20-9-1-3-10(4-2-9)21-15(23)8-22-18(24)16-11-5-6-12(14-7-13(11)14)17(16)19(22)25/h1-6,11-14,16-17H,7-8H2,(H,21,23)/t11-,12-,13-,14+,16-,17-/m1/s1. The van der Waals surface area contributed by atoms with Crippen LogP contribution in [0.4, 0.5) is 5.69 Å². The topological polar surface area (TPSA) is 66.5 Å². The van der Waals surface area contributed by atoms with E-state index in [1.54, 1.807) is 0 Å². The highest BCUT2D eigenvalue weighted by atomic mass is 127. The molecule has 2 saturated carbocycles. The van der Waals surface area contributed by atoms with Gasteiger partial charge < -0.3 is 5.32 Å². The number of imide groups is 1. The van der Waals surface area contributed by atoms with Gasteiger partial charge in [0.1, 0.15) is 6.54 Å². The SMILES string of the molecule is O=C(CN1C(=O)[C@@H]2[C@@H]3C=C[C@H]([C@@H]4C[C@H]34)[C@H]2C1=O)Nc1ccc(I)cc1. The maximum Gasteiger partial charge on any atom is 0.244 e. The van der Waals surface area contributed by atoms with E-state index in [2.05, 4.69) is 40.1 Å². The van der Waals surface area contributed by atoms with Crippen LogP contribution in [-0.4, -0.2) is 29.2 Å². The van der Waals surface area contributed by atoms with Gasteiger partial charge in [-0.05, 0) is 76.9 Å². The number of nitrogens with zero attached hydrogens (tertiary/aromatic N) is 1. The Labute approximate surface area is 159 Å². The van der Waals surface area contributed by atoms with Gasteiger partial charge >= 0.3 is 0 Å². The number of anilines is 1. The zero-order chi connectivity index (χ0) is 17.3. The molecular weight excluding hydrogens is 431 g/mol. The average Bonchev–Trinajstić information content (AvgIpc) is 3.38. The van der Waals surface area contributed by atoms with Crippen molar-refractivity contribution in [3.8, 4) is 0 Å². The van der Waals surface area contributed by atoms with E-state index >= 15 is 0 Å². The molecule has 0 radical (unpaired) electrons. The van der Waals surface area contributed by atoms with Crippen molar-refractivity contribution in [1.82, 2.24) is 4.90 Å². The molecule has 5 aliphatic rings. The molecule has 1 aromatic carbocycles. The van der Waals surface area contributed by atoms with Gasteiger partial charge in [-0.3, -0.25) is 19.3 Å². The molecule has 0 spiro atoms. The zero-order valence-corrected chi connectivity index (χ0v) is 15.5. The Balaban J connectivity index is 1.32. The molecule has 0 unspecified atom stereocenters. The molecule has 1 N–H and O–H groups in total. The Morgan fingerprint density at radius 2 is 1.60 bits per heavy atom. The smallest absolute Gasteiger partial charge is 0.244 e. The quantitative estimate of drug-likeness (QED) is 0.439. The van der Waals surface area contributed by atoms with Crippen LogP contribution in [-0.2, 0) is 14.4 Å². The fourth-order valence-corrected chi connectivity index (χ4v) is 5.41. The minimum atomic E-state index is -0.327. The second kappa shape index (κ2) is 5.40. The lowest BCUT2D eigenvalue weighted by molar-refractivity contribution is -0.142. The fourth-order valence-electron chi connectivity index (χ4n) is 5.05. The maximum absolute atomic E-state index is 12.8. The number of hydrogen-bond donors (Lipinski definition) is 1. The van der Waals surface area contributed by atoms with Gasteiger partial charge in [0.25, 0.3) is 0 Å². The number of benzene rings is 1. The lowest BCUT2D eigenvalue weighted by atomic mass is 9.63. The third kappa shape index (κ3) is 2.29. The van der Waals surface area contributed by atoms with Crippen LogP contribution < -0.4 is 5.32 Å². The van der Waals surface area contributed by atoms with Crippen molar-refractivity contribution in [2.24, 2.45) is 35.5 Å². The molecule has 1 heterocycles. The summed E-state index contributed by atoms with van der Waals surface area (Å²) < 4.78 is 1.08. The van der Waals surface area contributed by atoms with Crippen molar-refractivity contribution < 1.29 is 14.4 Å². The zero-order valence-electron chi connectivity index (χ0n) is 13.4. The normalized spacial score (nSPS) is 37.1. The Bertz CT molecular complexity index is 782. The first-order chi connectivity index (χ1) is 12.0. The number of carbonyl (C=O) groups is 3. The molecule has 5 nitrogen and oxygen atoms in total. The Morgan fingerprint density at radius 1 is 1.04 bits per heavy atom. The molecule has 3 fully saturated rings. The summed E-state index contributed by atoms with van der Waals surface area (Å²) in [6.45, 7) is -0.189. The highest BCUT2D eigenvalue weighted by molar-refractivity contribution is 14.1. The predicted octanol–water partition coefficient (Wildman–Crippen LogP) is 2.28. The molecule has 0 aromatic heterocycles. The average molecular weight is 448 g/mol. The molecule has 6 heteroatoms. The minimum Gasteiger partial charge on any atom is -0.325 e. The number of rotatable bonds is 3. The van der Waals surface area contributed by atoms with Gasteiger partial charge in [0.05, 0.1) is 11.8 Å². The van der Waals surface area contributed by atoms with Crippen LogP contribution in [0.2, 0.25) is 0 Å². The van der Waals surface area contributed by atoms with E-state index in [1.807, 2.05) is 24.3 Å². The second-order valence-corrected chi connectivity index (χ2v) is 8.72. The summed E-state index contributed by atoms with van der Waals surface area (Å²) in [5, 5.41) is 2.77. The number of allylic oxidation sites excluding steroid dienone is 2. The van der Waals surface area contributed by atoms with Crippen LogP contribution in [0.1, 0.15) is 6.42 Å². The Morgan fingerprint density at radius 3 is 2.16 bits per heavy atom. The number of halogens is 1. The van der Waals surface area contributed by atoms with E-state index in [9.17, 15) is 14.4 Å². The van der Waals surface area contributed by atoms with E-state index in [4.69, 9.17) is 0 Å². The lowest BCUT2D eigenvalue weighted by Crippen LogP contribution is -2.40. The van der Waals surface area contributed by atoms with Crippen molar-refractivity contribution >= 4 is 46.0 Å². The van der Waals surface area contributed by atoms with Crippen molar-refractivity contribution in [2.45, 2.75) is 6.42 Å². The molecule has 6 atom stereocenters. The van der Waals surface area contributed by atoms with Crippen LogP contribution in [0, 0.1) is 39.1 Å². The second-order valence-electron chi connectivity index (χ2n) is 7.47. The van der Waals surface area contributed by atoms with Gasteiger partial charge in [-0.2, -0.15) is 0 Å². The van der Waals surface area contributed by atoms with E-state index in [1.165, 1.54) is 4.90 Å². The number of likely N-dealkylation sites (tertiary alicyclic amines) is 1. The summed E-state index contributed by atoms with van der Waals surface area (Å²) in [5.74, 6) is 0.431. The summed E-state index contributed by atoms with van der Waals surface area (Å²) >= 11 is 2.19. The third-order valence-corrected chi connectivity index (χ3v) is 6.90. The number of hydrogen-bond acceptors (Lipinski definition) is 3. The lowest BCUT2D eigenvalue weighted by Gasteiger charge is -2.37. The highest BCUT2D eigenvalue weighted by Crippen LogP contribution is 2.65. The molecule has 2 bridgehead atoms. The molecule has 25 heavy (non-hydrogen) atoms. The Hall–Kier alpha value is -1.70. The molecular formula is C19H17IN2O3. The van der Waals surface area contributed by atoms with Crippen molar-refractivity contribution in [3.05, 3.63) is 40.0 Å². The molecule has 1 aromatic rings. The van der Waals surface area contributed by atoms with Gasteiger partial charge in [-0.25, -0.2) is 0 Å². The van der Waals surface area contributed by atoms with Crippen LogP contribution in [0.3, 0.4) is 0 Å². The van der Waals surface area contributed by atoms with Crippen LogP contribution >= 0.6 is 22.6 Å². The summed E-state index contributed by atoms with van der Waals surface area (Å²) in [5.41, 5.74) is 0.671. The summed E-state index contributed by atoms with van der Waals surface area (Å²) in [7, 11) is 0. The number of carbonyl (C=O) groups excluding carboxylic acids is 3. The molecule has 3 amide bonds. The molecule has 128 valence electrons. The van der Waals surface area contributed by atoms with E-state index < -0.39 is 0 Å². The molecule has 1 aliphatic heterocycles. The van der Waals surface area contributed by atoms with Gasteiger partial charge in [0.15, 0.2) is 0 Å². The largest absolute Gasteiger partial charge is 0.325 e. The van der Waals surface area contributed by atoms with Crippen molar-refractivity contribution in [2.75, 3.05) is 11.9 Å². The fraction of sp³-hybridized carbons (Fsp3) is 0.421. The van der Waals surface area contributed by atoms with Gasteiger partial charge in [0.2, 0.25) is 17.7 Å². The van der Waals surface area contributed by atoms with Crippen LogP contribution in [0.25, 0.3) is 0 Å². The molecule has 4 aliphatic carbocycles. The first-order valence-corrected chi connectivity index (χ1v) is 9.71. The van der Waals surface area contributed by atoms with Crippen LogP contribution in [0.15, 0.2) is 36.4 Å². The summed E-state index contributed by atoms with van der Waals surface area (Å²) in [4.78, 5) is 39.2. The van der Waals surface area contributed by atoms with Gasteiger partial charge in [-0.15, -0.1) is 0 Å². The predicted molar refractivity (Wildman–Crippen MR) is 99.2 cm³/mol.